The Morgan fingerprint density at radius 1 is 1.07 bits per heavy atom. The third-order valence-corrected chi connectivity index (χ3v) is 6.61. The highest BCUT2D eigenvalue weighted by molar-refractivity contribution is 6.48. The number of likely N-dealkylation sites (tertiary alicyclic amines) is 1. The van der Waals surface area contributed by atoms with E-state index in [1.54, 1.807) is 31.5 Å². The van der Waals surface area contributed by atoms with Crippen molar-refractivity contribution in [1.82, 2.24) is 14.9 Å². The maximum absolute atomic E-state index is 13.0. The van der Waals surface area contributed by atoms with Crippen LogP contribution in [0, 0.1) is 6.92 Å². The lowest BCUT2D eigenvalue weighted by molar-refractivity contribution is -0.117. The van der Waals surface area contributed by atoms with Gasteiger partial charge in [-0.15, -0.1) is 0 Å². The molecule has 40 heavy (non-hydrogen) atoms. The largest absolute Gasteiger partial charge is 0.333 e. The second-order valence-corrected chi connectivity index (χ2v) is 9.30. The second-order valence-electron chi connectivity index (χ2n) is 9.30. The van der Waals surface area contributed by atoms with Gasteiger partial charge in [-0.3, -0.25) is 24.5 Å². The number of benzene rings is 1. The second kappa shape index (κ2) is 14.6. The Labute approximate surface area is 234 Å². The van der Waals surface area contributed by atoms with E-state index in [1.165, 1.54) is 7.05 Å². The van der Waals surface area contributed by atoms with Crippen LogP contribution in [0.1, 0.15) is 36.7 Å². The number of aryl methyl sites for hydroxylation is 1. The first-order chi connectivity index (χ1) is 19.4. The van der Waals surface area contributed by atoms with Gasteiger partial charge in [0.2, 0.25) is 5.91 Å². The fourth-order valence-electron chi connectivity index (χ4n) is 4.40. The first-order valence-corrected chi connectivity index (χ1v) is 13.0. The Kier molecular flexibility index (Phi) is 11.0. The topological polar surface area (TPSA) is 169 Å². The van der Waals surface area contributed by atoms with E-state index in [9.17, 15) is 14.4 Å². The summed E-state index contributed by atoms with van der Waals surface area (Å²) in [6, 6.07) is 13.1. The van der Waals surface area contributed by atoms with Crippen molar-refractivity contribution in [3.8, 4) is 11.1 Å². The van der Waals surface area contributed by atoms with Crippen LogP contribution < -0.4 is 22.2 Å². The summed E-state index contributed by atoms with van der Waals surface area (Å²) in [5.74, 6) is 4.88. The molecule has 0 saturated carbocycles. The zero-order valence-electron chi connectivity index (χ0n) is 23.1. The number of nitrogens with two attached hydrogens (primary N) is 2. The maximum Gasteiger partial charge on any atom is 0.278 e. The fraction of sp³-hybridized carbons (Fsp3) is 0.310. The van der Waals surface area contributed by atoms with Crippen molar-refractivity contribution in [2.45, 2.75) is 39.2 Å². The Bertz CT molecular complexity index is 1340. The van der Waals surface area contributed by atoms with Gasteiger partial charge in [-0.05, 0) is 63.5 Å². The van der Waals surface area contributed by atoms with Gasteiger partial charge in [0.05, 0.1) is 35.5 Å². The third-order valence-electron chi connectivity index (χ3n) is 6.61. The average Bonchev–Trinajstić information content (AvgIpc) is 3.37. The van der Waals surface area contributed by atoms with E-state index >= 15 is 0 Å². The van der Waals surface area contributed by atoms with Gasteiger partial charge in [-0.2, -0.15) is 5.10 Å². The number of rotatable bonds is 9. The number of carbonyl (C=O) groups excluding carboxylic acids is 3. The highest BCUT2D eigenvalue weighted by Crippen LogP contribution is 2.21. The lowest BCUT2D eigenvalue weighted by Crippen LogP contribution is -2.35. The van der Waals surface area contributed by atoms with Crippen molar-refractivity contribution in [3.05, 3.63) is 71.8 Å². The molecule has 0 radical (unpaired) electrons. The Morgan fingerprint density at radius 2 is 1.80 bits per heavy atom. The zero-order chi connectivity index (χ0) is 29.1. The monoisotopic (exact) mass is 544 g/mol. The van der Waals surface area contributed by atoms with Crippen molar-refractivity contribution in [1.29, 1.82) is 0 Å². The minimum atomic E-state index is -0.551. The van der Waals surface area contributed by atoms with Crippen LogP contribution >= 0.6 is 0 Å². The number of hydrogen-bond donors (Lipinski definition) is 4. The van der Waals surface area contributed by atoms with Crippen LogP contribution in [0.3, 0.4) is 0 Å². The summed E-state index contributed by atoms with van der Waals surface area (Å²) in [5.41, 5.74) is 8.94. The predicted molar refractivity (Wildman–Crippen MR) is 157 cm³/mol. The molecule has 1 atom stereocenters. The summed E-state index contributed by atoms with van der Waals surface area (Å²) in [6.07, 6.45) is 6.60. The van der Waals surface area contributed by atoms with Gasteiger partial charge >= 0.3 is 0 Å². The molecule has 11 nitrogen and oxygen atoms in total. The molecule has 11 heteroatoms. The van der Waals surface area contributed by atoms with Gasteiger partial charge in [-0.1, -0.05) is 30.3 Å². The minimum absolute atomic E-state index is 0.0465. The molecule has 0 spiro atoms. The summed E-state index contributed by atoms with van der Waals surface area (Å²) in [7, 11) is 1.50. The summed E-state index contributed by atoms with van der Waals surface area (Å²) in [6.45, 7) is 5.09. The maximum atomic E-state index is 13.0. The molecule has 4 rings (SSSR count). The van der Waals surface area contributed by atoms with Crippen LogP contribution in [0.15, 0.2) is 60.0 Å². The SMILES string of the molecule is CN.Cc1ncc(NC(=O)CN2CCCC2C)cc1NC(=O)/C(=N/N)c1ccc(-c2ccc(CC=O)cc2)cn1. The Balaban J connectivity index is 0.00000216. The molecule has 1 fully saturated rings. The highest BCUT2D eigenvalue weighted by atomic mass is 16.2. The summed E-state index contributed by atoms with van der Waals surface area (Å²) in [5, 5.41) is 9.30. The van der Waals surface area contributed by atoms with Crippen molar-refractivity contribution < 1.29 is 14.4 Å². The first kappa shape index (κ1) is 30.1. The normalized spacial score (nSPS) is 15.1. The van der Waals surface area contributed by atoms with Crippen LogP contribution in [0.5, 0.6) is 0 Å². The molecular formula is C29H36N8O3. The molecule has 1 aromatic carbocycles. The van der Waals surface area contributed by atoms with Crippen molar-refractivity contribution in [3.63, 3.8) is 0 Å². The molecular weight excluding hydrogens is 508 g/mol. The third kappa shape index (κ3) is 7.78. The number of pyridine rings is 2. The van der Waals surface area contributed by atoms with Crippen molar-refractivity contribution in [2.24, 2.45) is 16.7 Å². The quantitative estimate of drug-likeness (QED) is 0.138. The molecule has 3 aromatic rings. The molecule has 210 valence electrons. The van der Waals surface area contributed by atoms with Gasteiger partial charge < -0.3 is 27.0 Å². The number of anilines is 2. The number of nitrogens with zero attached hydrogens (tertiary/aromatic N) is 4. The molecule has 1 aliphatic rings. The van der Waals surface area contributed by atoms with Gasteiger partial charge in [0.15, 0.2) is 5.71 Å². The standard InChI is InChI=1S/C28H31N7O3.CH5N/c1-18-4-3-12-35(18)17-26(37)32-23-14-25(19(2)30-16-23)33-28(38)27(34-29)24-10-9-22(15-31-24)21-7-5-20(6-8-21)11-13-36;1-2/h5-10,13-16,18H,3-4,11-12,17,29H2,1-2H3,(H,32,37)(H,33,38);2H2,1H3/b34-27+;. The molecule has 2 aromatic heterocycles. The van der Waals surface area contributed by atoms with E-state index < -0.39 is 5.91 Å². The molecule has 3 heterocycles. The van der Waals surface area contributed by atoms with Crippen LogP contribution in [-0.4, -0.2) is 64.9 Å². The summed E-state index contributed by atoms with van der Waals surface area (Å²) in [4.78, 5) is 47.1. The number of aromatic nitrogens is 2. The predicted octanol–water partition coefficient (Wildman–Crippen LogP) is 2.49. The zero-order valence-corrected chi connectivity index (χ0v) is 23.1. The smallest absolute Gasteiger partial charge is 0.278 e. The van der Waals surface area contributed by atoms with Crippen LogP contribution in [0.25, 0.3) is 11.1 Å². The van der Waals surface area contributed by atoms with Crippen LogP contribution in [0.2, 0.25) is 0 Å². The Morgan fingerprint density at radius 3 is 2.40 bits per heavy atom. The first-order valence-electron chi connectivity index (χ1n) is 13.0. The number of hydrogen-bond acceptors (Lipinski definition) is 9. The van der Waals surface area contributed by atoms with Gasteiger partial charge in [0.1, 0.15) is 6.29 Å². The van der Waals surface area contributed by atoms with Crippen molar-refractivity contribution in [2.75, 3.05) is 30.8 Å². The molecule has 1 saturated heterocycles. The average molecular weight is 545 g/mol. The molecule has 0 bridgehead atoms. The van der Waals surface area contributed by atoms with Gasteiger partial charge in [0.25, 0.3) is 5.91 Å². The van der Waals surface area contributed by atoms with E-state index in [-0.39, 0.29) is 11.6 Å². The van der Waals surface area contributed by atoms with E-state index in [2.05, 4.69) is 43.3 Å². The number of amides is 2. The molecule has 1 aliphatic heterocycles. The summed E-state index contributed by atoms with van der Waals surface area (Å²) >= 11 is 0. The van der Waals surface area contributed by atoms with Crippen LogP contribution in [0.4, 0.5) is 11.4 Å². The van der Waals surface area contributed by atoms with Crippen LogP contribution in [-0.2, 0) is 20.8 Å². The minimum Gasteiger partial charge on any atom is -0.333 e. The van der Waals surface area contributed by atoms with Crippen molar-refractivity contribution >= 4 is 35.2 Å². The van der Waals surface area contributed by atoms with Gasteiger partial charge in [-0.25, -0.2) is 0 Å². The van der Waals surface area contributed by atoms with E-state index in [0.29, 0.717) is 41.8 Å². The van der Waals surface area contributed by atoms with Gasteiger partial charge in [0, 0.05) is 24.2 Å². The lowest BCUT2D eigenvalue weighted by Gasteiger charge is -2.20. The molecule has 6 N–H and O–H groups in total. The number of aldehydes is 1. The summed E-state index contributed by atoms with van der Waals surface area (Å²) < 4.78 is 0. The number of carbonyl (C=O) groups is 3. The number of hydrazone groups is 1. The lowest BCUT2D eigenvalue weighted by atomic mass is 10.0. The number of nitrogens with one attached hydrogen (secondary N) is 2. The fourth-order valence-corrected chi connectivity index (χ4v) is 4.40. The molecule has 2 amide bonds. The Hall–Kier alpha value is -4.48. The van der Waals surface area contributed by atoms with E-state index in [1.807, 2.05) is 30.3 Å². The van der Waals surface area contributed by atoms with E-state index in [0.717, 1.165) is 42.4 Å². The molecule has 0 aliphatic carbocycles. The highest BCUT2D eigenvalue weighted by Gasteiger charge is 2.23. The van der Waals surface area contributed by atoms with E-state index in [4.69, 9.17) is 5.84 Å². The molecule has 1 unspecified atom stereocenters.